The molecule has 1 aliphatic heterocycles. The van der Waals surface area contributed by atoms with Gasteiger partial charge in [-0.15, -0.1) is 0 Å². The number of anilines is 1. The Morgan fingerprint density at radius 1 is 1.30 bits per heavy atom. The third-order valence-corrected chi connectivity index (χ3v) is 4.19. The van der Waals surface area contributed by atoms with E-state index in [1.165, 1.54) is 12.1 Å². The topological polar surface area (TPSA) is 68.2 Å². The molecule has 27 heavy (non-hydrogen) atoms. The van der Waals surface area contributed by atoms with Gasteiger partial charge >= 0.3 is 12.6 Å². The number of carboxylic acids is 1. The van der Waals surface area contributed by atoms with Crippen molar-refractivity contribution < 1.29 is 32.9 Å². The van der Waals surface area contributed by atoms with Crippen molar-refractivity contribution in [3.8, 4) is 17.2 Å². The zero-order valence-corrected chi connectivity index (χ0v) is 14.8. The van der Waals surface area contributed by atoms with Crippen LogP contribution >= 0.6 is 0 Å². The Bertz CT molecular complexity index is 826. The van der Waals surface area contributed by atoms with Gasteiger partial charge < -0.3 is 24.2 Å². The van der Waals surface area contributed by atoms with Crippen LogP contribution in [0.1, 0.15) is 22.8 Å². The SMILES string of the molecule is COc1ccc(CN2C[C@@H](C)Oc3c(OC(F)F)ccc(C(=O)O)c32)cc1. The molecule has 0 radical (unpaired) electrons. The standard InChI is InChI=1S/C19H19F2NO5/c1-11-9-22(10-12-3-5-13(25-2)6-4-12)16-14(18(23)24)7-8-15(17(16)26-11)27-19(20)21/h3-8,11,19H,9-10H2,1-2H3,(H,23,24)/t11-/m1/s1. The molecule has 1 aliphatic rings. The second kappa shape index (κ2) is 7.69. The lowest BCUT2D eigenvalue weighted by molar-refractivity contribution is -0.0521. The molecule has 0 unspecified atom stereocenters. The second-order valence-electron chi connectivity index (χ2n) is 6.13. The molecule has 2 aromatic carbocycles. The number of carboxylic acid groups (broad SMARTS) is 1. The molecule has 1 N–H and O–H groups in total. The first-order chi connectivity index (χ1) is 12.9. The van der Waals surface area contributed by atoms with Crippen molar-refractivity contribution in [3.63, 3.8) is 0 Å². The summed E-state index contributed by atoms with van der Waals surface area (Å²) in [5, 5.41) is 9.54. The number of ether oxygens (including phenoxy) is 3. The van der Waals surface area contributed by atoms with Crippen molar-refractivity contribution in [2.24, 2.45) is 0 Å². The number of aromatic carboxylic acids is 1. The molecule has 144 valence electrons. The van der Waals surface area contributed by atoms with Crippen LogP contribution in [-0.4, -0.2) is 37.4 Å². The van der Waals surface area contributed by atoms with Crippen LogP contribution in [0.5, 0.6) is 17.2 Å². The van der Waals surface area contributed by atoms with Gasteiger partial charge in [-0.3, -0.25) is 0 Å². The van der Waals surface area contributed by atoms with Crippen molar-refractivity contribution >= 4 is 11.7 Å². The number of halogens is 2. The minimum absolute atomic E-state index is 0.0162. The summed E-state index contributed by atoms with van der Waals surface area (Å²) >= 11 is 0. The number of alkyl halides is 2. The van der Waals surface area contributed by atoms with E-state index in [2.05, 4.69) is 4.74 Å². The number of hydrogen-bond acceptors (Lipinski definition) is 5. The van der Waals surface area contributed by atoms with Gasteiger partial charge in [-0.05, 0) is 36.8 Å². The third-order valence-electron chi connectivity index (χ3n) is 4.19. The van der Waals surface area contributed by atoms with Crippen LogP contribution in [0, 0.1) is 0 Å². The summed E-state index contributed by atoms with van der Waals surface area (Å²) in [7, 11) is 1.57. The highest BCUT2D eigenvalue weighted by atomic mass is 19.3. The maximum atomic E-state index is 12.7. The van der Waals surface area contributed by atoms with Gasteiger partial charge in [0, 0.05) is 6.54 Å². The van der Waals surface area contributed by atoms with E-state index in [-0.39, 0.29) is 28.9 Å². The summed E-state index contributed by atoms with van der Waals surface area (Å²) in [5.74, 6) is -0.639. The molecular formula is C19H19F2NO5. The lowest BCUT2D eigenvalue weighted by atomic mass is 10.1. The zero-order chi connectivity index (χ0) is 19.6. The fraction of sp³-hybridized carbons (Fsp3) is 0.316. The van der Waals surface area contributed by atoms with Gasteiger partial charge in [-0.1, -0.05) is 12.1 Å². The predicted molar refractivity (Wildman–Crippen MR) is 94.2 cm³/mol. The fourth-order valence-corrected chi connectivity index (χ4v) is 3.08. The first-order valence-electron chi connectivity index (χ1n) is 8.28. The number of rotatable bonds is 6. The van der Waals surface area contributed by atoms with Crippen LogP contribution in [-0.2, 0) is 6.54 Å². The van der Waals surface area contributed by atoms with Crippen molar-refractivity contribution in [1.29, 1.82) is 0 Å². The smallest absolute Gasteiger partial charge is 0.387 e. The summed E-state index contributed by atoms with van der Waals surface area (Å²) in [5.41, 5.74) is 1.11. The van der Waals surface area contributed by atoms with Crippen LogP contribution in [0.2, 0.25) is 0 Å². The summed E-state index contributed by atoms with van der Waals surface area (Å²) in [4.78, 5) is 13.5. The molecule has 6 nitrogen and oxygen atoms in total. The number of hydrogen-bond donors (Lipinski definition) is 1. The molecule has 0 aliphatic carbocycles. The Kier molecular flexibility index (Phi) is 5.34. The van der Waals surface area contributed by atoms with E-state index in [1.807, 2.05) is 12.1 Å². The molecule has 1 atom stereocenters. The molecule has 0 saturated heterocycles. The quantitative estimate of drug-likeness (QED) is 0.824. The molecule has 3 rings (SSSR count). The van der Waals surface area contributed by atoms with Gasteiger partial charge in [-0.2, -0.15) is 8.78 Å². The van der Waals surface area contributed by atoms with E-state index in [0.717, 1.165) is 5.56 Å². The highest BCUT2D eigenvalue weighted by Crippen LogP contribution is 2.45. The Labute approximate surface area is 154 Å². The van der Waals surface area contributed by atoms with E-state index >= 15 is 0 Å². The normalized spacial score (nSPS) is 15.9. The number of methoxy groups -OCH3 is 1. The van der Waals surface area contributed by atoms with E-state index in [1.54, 1.807) is 31.1 Å². The van der Waals surface area contributed by atoms with Gasteiger partial charge in [0.1, 0.15) is 11.9 Å². The molecule has 0 fully saturated rings. The van der Waals surface area contributed by atoms with Gasteiger partial charge in [0.25, 0.3) is 0 Å². The van der Waals surface area contributed by atoms with E-state index in [9.17, 15) is 18.7 Å². The summed E-state index contributed by atoms with van der Waals surface area (Å²) in [6.45, 7) is -0.481. The van der Waals surface area contributed by atoms with Gasteiger partial charge in [0.2, 0.25) is 0 Å². The van der Waals surface area contributed by atoms with Gasteiger partial charge in [0.15, 0.2) is 11.5 Å². The maximum absolute atomic E-state index is 12.7. The fourth-order valence-electron chi connectivity index (χ4n) is 3.08. The molecule has 0 bridgehead atoms. The Morgan fingerprint density at radius 3 is 2.59 bits per heavy atom. The van der Waals surface area contributed by atoms with Crippen molar-refractivity contribution in [2.75, 3.05) is 18.6 Å². The first-order valence-corrected chi connectivity index (χ1v) is 8.28. The maximum Gasteiger partial charge on any atom is 0.387 e. The third kappa shape index (κ3) is 4.05. The molecule has 8 heteroatoms. The average molecular weight is 379 g/mol. The molecule has 0 aromatic heterocycles. The first kappa shape index (κ1) is 18.8. The van der Waals surface area contributed by atoms with Crippen LogP contribution in [0.25, 0.3) is 0 Å². The van der Waals surface area contributed by atoms with Crippen LogP contribution in [0.3, 0.4) is 0 Å². The summed E-state index contributed by atoms with van der Waals surface area (Å²) in [6, 6.07) is 9.76. The lowest BCUT2D eigenvalue weighted by Gasteiger charge is -2.36. The molecule has 1 heterocycles. The number of carbonyl (C=O) groups is 1. The number of fused-ring (bicyclic) bond motifs is 1. The summed E-state index contributed by atoms with van der Waals surface area (Å²) in [6.07, 6.45) is -0.334. The number of benzene rings is 2. The largest absolute Gasteiger partial charge is 0.497 e. The number of nitrogens with zero attached hydrogens (tertiary/aromatic N) is 1. The van der Waals surface area contributed by atoms with Gasteiger partial charge in [0.05, 0.1) is 24.9 Å². The Hall–Kier alpha value is -3.03. The second-order valence-corrected chi connectivity index (χ2v) is 6.13. The predicted octanol–water partition coefficient (Wildman–Crippen LogP) is 3.78. The van der Waals surface area contributed by atoms with E-state index < -0.39 is 12.6 Å². The molecule has 0 spiro atoms. The van der Waals surface area contributed by atoms with Gasteiger partial charge in [-0.25, -0.2) is 4.79 Å². The minimum atomic E-state index is -3.04. The molecular weight excluding hydrogens is 360 g/mol. The van der Waals surface area contributed by atoms with Crippen molar-refractivity contribution in [2.45, 2.75) is 26.2 Å². The van der Waals surface area contributed by atoms with Crippen LogP contribution in [0.15, 0.2) is 36.4 Å². The molecule has 2 aromatic rings. The van der Waals surface area contributed by atoms with Crippen LogP contribution < -0.4 is 19.1 Å². The zero-order valence-electron chi connectivity index (χ0n) is 14.8. The van der Waals surface area contributed by atoms with Crippen molar-refractivity contribution in [3.05, 3.63) is 47.5 Å². The molecule has 0 saturated carbocycles. The highest BCUT2D eigenvalue weighted by Gasteiger charge is 2.31. The minimum Gasteiger partial charge on any atom is -0.497 e. The lowest BCUT2D eigenvalue weighted by Crippen LogP contribution is -2.39. The van der Waals surface area contributed by atoms with Crippen molar-refractivity contribution in [1.82, 2.24) is 0 Å². The van der Waals surface area contributed by atoms with E-state index in [4.69, 9.17) is 9.47 Å². The van der Waals surface area contributed by atoms with E-state index in [0.29, 0.717) is 18.8 Å². The monoisotopic (exact) mass is 379 g/mol. The summed E-state index contributed by atoms with van der Waals surface area (Å²) < 4.78 is 40.8. The molecule has 0 amide bonds. The average Bonchev–Trinajstić information content (AvgIpc) is 2.62. The Morgan fingerprint density at radius 2 is 2.00 bits per heavy atom. The Balaban J connectivity index is 2.03. The van der Waals surface area contributed by atoms with Crippen LogP contribution in [0.4, 0.5) is 14.5 Å². The highest BCUT2D eigenvalue weighted by molar-refractivity contribution is 5.97.